The number of amides is 1. The van der Waals surface area contributed by atoms with Crippen LogP contribution in [0.5, 0.6) is 0 Å². The van der Waals surface area contributed by atoms with E-state index in [1.807, 2.05) is 11.4 Å². The van der Waals surface area contributed by atoms with Crippen LogP contribution in [0.3, 0.4) is 0 Å². The van der Waals surface area contributed by atoms with Gasteiger partial charge in [0.1, 0.15) is 5.82 Å². The molecule has 0 aliphatic rings. The maximum atomic E-state index is 13.4. The standard InChI is InChI=1S/C16H16FNO2S/c17-13-5-2-1-4-12(13)9-10-18-16(20)8-7-14(19)15-6-3-11-21-15/h1-6,11H,7-10H2,(H,18,20). The van der Waals surface area contributed by atoms with E-state index in [2.05, 4.69) is 5.32 Å². The number of thiophene rings is 1. The van der Waals surface area contributed by atoms with Crippen LogP contribution in [0.1, 0.15) is 28.1 Å². The van der Waals surface area contributed by atoms with E-state index in [1.54, 1.807) is 24.3 Å². The molecule has 0 spiro atoms. The highest BCUT2D eigenvalue weighted by Crippen LogP contribution is 2.12. The van der Waals surface area contributed by atoms with Crippen LogP contribution in [0.4, 0.5) is 4.39 Å². The monoisotopic (exact) mass is 305 g/mol. The van der Waals surface area contributed by atoms with Crippen molar-refractivity contribution < 1.29 is 14.0 Å². The molecule has 1 aromatic heterocycles. The first-order valence-electron chi connectivity index (χ1n) is 6.73. The number of hydrogen-bond donors (Lipinski definition) is 1. The van der Waals surface area contributed by atoms with Crippen LogP contribution in [0.15, 0.2) is 41.8 Å². The van der Waals surface area contributed by atoms with Crippen molar-refractivity contribution in [1.29, 1.82) is 0 Å². The van der Waals surface area contributed by atoms with Crippen LogP contribution >= 0.6 is 11.3 Å². The first kappa shape index (κ1) is 15.4. The van der Waals surface area contributed by atoms with Gasteiger partial charge in [-0.25, -0.2) is 4.39 Å². The summed E-state index contributed by atoms with van der Waals surface area (Å²) in [6, 6.07) is 10.1. The summed E-state index contributed by atoms with van der Waals surface area (Å²) in [7, 11) is 0. The lowest BCUT2D eigenvalue weighted by Gasteiger charge is -2.05. The van der Waals surface area contributed by atoms with Crippen molar-refractivity contribution in [3.05, 3.63) is 58.0 Å². The third-order valence-electron chi connectivity index (χ3n) is 3.05. The molecule has 21 heavy (non-hydrogen) atoms. The fraction of sp³-hybridized carbons (Fsp3) is 0.250. The lowest BCUT2D eigenvalue weighted by atomic mass is 10.1. The third kappa shape index (κ3) is 4.79. The van der Waals surface area contributed by atoms with Gasteiger partial charge in [0.05, 0.1) is 4.88 Å². The molecular weight excluding hydrogens is 289 g/mol. The van der Waals surface area contributed by atoms with Gasteiger partial charge in [-0.3, -0.25) is 9.59 Å². The molecule has 2 aromatic rings. The zero-order valence-corrected chi connectivity index (χ0v) is 12.3. The van der Waals surface area contributed by atoms with Crippen molar-refractivity contribution in [1.82, 2.24) is 5.32 Å². The van der Waals surface area contributed by atoms with Gasteiger partial charge < -0.3 is 5.32 Å². The number of Topliss-reactive ketones (excluding diaryl/α,β-unsaturated/α-hetero) is 1. The maximum Gasteiger partial charge on any atom is 0.220 e. The SMILES string of the molecule is O=C(CCC(=O)c1cccs1)NCCc1ccccc1F. The summed E-state index contributed by atoms with van der Waals surface area (Å²) in [6.07, 6.45) is 0.803. The van der Waals surface area contributed by atoms with E-state index < -0.39 is 0 Å². The molecule has 110 valence electrons. The number of nitrogens with one attached hydrogen (secondary N) is 1. The van der Waals surface area contributed by atoms with Crippen molar-refractivity contribution in [2.24, 2.45) is 0 Å². The average molecular weight is 305 g/mol. The number of carbonyl (C=O) groups is 2. The minimum Gasteiger partial charge on any atom is -0.356 e. The molecule has 0 fully saturated rings. The highest BCUT2D eigenvalue weighted by Gasteiger charge is 2.10. The Morgan fingerprint density at radius 3 is 2.62 bits per heavy atom. The Morgan fingerprint density at radius 1 is 1.10 bits per heavy atom. The molecule has 1 aromatic carbocycles. The molecule has 0 saturated carbocycles. The zero-order chi connectivity index (χ0) is 15.1. The molecule has 1 amide bonds. The molecule has 5 heteroatoms. The molecule has 0 aliphatic heterocycles. The van der Waals surface area contributed by atoms with Gasteiger partial charge in [0.25, 0.3) is 0 Å². The van der Waals surface area contributed by atoms with Crippen molar-refractivity contribution in [2.75, 3.05) is 6.54 Å². The summed E-state index contributed by atoms with van der Waals surface area (Å²) in [6.45, 7) is 0.368. The number of hydrogen-bond acceptors (Lipinski definition) is 3. The topological polar surface area (TPSA) is 46.2 Å². The molecule has 0 bridgehead atoms. The summed E-state index contributed by atoms with van der Waals surface area (Å²) >= 11 is 1.38. The molecule has 0 radical (unpaired) electrons. The average Bonchev–Trinajstić information content (AvgIpc) is 3.01. The molecule has 3 nitrogen and oxygen atoms in total. The van der Waals surface area contributed by atoms with Gasteiger partial charge in [0, 0.05) is 19.4 Å². The second-order valence-electron chi connectivity index (χ2n) is 4.59. The van der Waals surface area contributed by atoms with Crippen LogP contribution in [0.25, 0.3) is 0 Å². The largest absolute Gasteiger partial charge is 0.356 e. The third-order valence-corrected chi connectivity index (χ3v) is 3.96. The molecular formula is C16H16FNO2S. The Balaban J connectivity index is 1.68. The number of halogens is 1. The Bertz CT molecular complexity index is 610. The van der Waals surface area contributed by atoms with E-state index >= 15 is 0 Å². The Hall–Kier alpha value is -2.01. The smallest absolute Gasteiger partial charge is 0.220 e. The fourth-order valence-electron chi connectivity index (χ4n) is 1.91. The molecule has 1 heterocycles. The van der Waals surface area contributed by atoms with Crippen molar-refractivity contribution in [3.8, 4) is 0 Å². The Morgan fingerprint density at radius 2 is 1.90 bits per heavy atom. The second-order valence-corrected chi connectivity index (χ2v) is 5.54. The minimum atomic E-state index is -0.264. The number of rotatable bonds is 7. The van der Waals surface area contributed by atoms with E-state index in [4.69, 9.17) is 0 Å². The summed E-state index contributed by atoms with van der Waals surface area (Å²) in [4.78, 5) is 24.0. The zero-order valence-electron chi connectivity index (χ0n) is 11.5. The highest BCUT2D eigenvalue weighted by atomic mass is 32.1. The molecule has 0 saturated heterocycles. The van der Waals surface area contributed by atoms with Gasteiger partial charge in [0.15, 0.2) is 5.78 Å². The van der Waals surface area contributed by atoms with Gasteiger partial charge >= 0.3 is 0 Å². The van der Waals surface area contributed by atoms with Crippen LogP contribution in [0, 0.1) is 5.82 Å². The van der Waals surface area contributed by atoms with Crippen molar-refractivity contribution in [3.63, 3.8) is 0 Å². The molecule has 2 rings (SSSR count). The Labute approximate surface area is 126 Å². The minimum absolute atomic E-state index is 0.0192. The lowest BCUT2D eigenvalue weighted by molar-refractivity contribution is -0.121. The van der Waals surface area contributed by atoms with Gasteiger partial charge in [-0.1, -0.05) is 24.3 Å². The summed E-state index contributed by atoms with van der Waals surface area (Å²) in [5.41, 5.74) is 0.576. The van der Waals surface area contributed by atoms with E-state index in [0.29, 0.717) is 23.4 Å². The second kappa shape index (κ2) is 7.69. The predicted octanol–water partition coefficient (Wildman–Crippen LogP) is 3.21. The molecule has 0 atom stereocenters. The van der Waals surface area contributed by atoms with Crippen LogP contribution < -0.4 is 5.32 Å². The van der Waals surface area contributed by atoms with Gasteiger partial charge in [0.2, 0.25) is 5.91 Å². The molecule has 1 N–H and O–H groups in total. The summed E-state index contributed by atoms with van der Waals surface area (Å²) in [5.74, 6) is -0.467. The number of ketones is 1. The van der Waals surface area contributed by atoms with Crippen LogP contribution in [-0.2, 0) is 11.2 Å². The lowest BCUT2D eigenvalue weighted by Crippen LogP contribution is -2.26. The number of carbonyl (C=O) groups excluding carboxylic acids is 2. The van der Waals surface area contributed by atoms with Gasteiger partial charge in [-0.2, -0.15) is 0 Å². The van der Waals surface area contributed by atoms with Gasteiger partial charge in [-0.15, -0.1) is 11.3 Å². The molecule has 0 aliphatic carbocycles. The predicted molar refractivity (Wildman–Crippen MR) is 81.0 cm³/mol. The normalized spacial score (nSPS) is 10.3. The summed E-state index contributed by atoms with van der Waals surface area (Å²) < 4.78 is 13.4. The summed E-state index contributed by atoms with van der Waals surface area (Å²) in [5, 5.41) is 4.54. The van der Waals surface area contributed by atoms with E-state index in [0.717, 1.165) is 0 Å². The van der Waals surface area contributed by atoms with Crippen molar-refractivity contribution in [2.45, 2.75) is 19.3 Å². The van der Waals surface area contributed by atoms with Gasteiger partial charge in [-0.05, 0) is 29.5 Å². The van der Waals surface area contributed by atoms with Crippen molar-refractivity contribution >= 4 is 23.0 Å². The quantitative estimate of drug-likeness (QED) is 0.798. The van der Waals surface area contributed by atoms with Crippen LogP contribution in [-0.4, -0.2) is 18.2 Å². The first-order chi connectivity index (χ1) is 10.2. The van der Waals surface area contributed by atoms with Crippen LogP contribution in [0.2, 0.25) is 0 Å². The number of benzene rings is 1. The first-order valence-corrected chi connectivity index (χ1v) is 7.61. The highest BCUT2D eigenvalue weighted by molar-refractivity contribution is 7.12. The fourth-order valence-corrected chi connectivity index (χ4v) is 2.61. The van der Waals surface area contributed by atoms with E-state index in [-0.39, 0.29) is 30.3 Å². The van der Waals surface area contributed by atoms with E-state index in [9.17, 15) is 14.0 Å². The maximum absolute atomic E-state index is 13.4. The Kier molecular flexibility index (Phi) is 5.63. The molecule has 0 unspecified atom stereocenters. The van der Waals surface area contributed by atoms with E-state index in [1.165, 1.54) is 17.4 Å².